The number of aromatic amines is 4. The molecule has 0 aliphatic rings. The summed E-state index contributed by atoms with van der Waals surface area (Å²) in [6.45, 7) is 0. The Balaban J connectivity index is 0.000000306. The molecule has 0 aromatic carbocycles. The van der Waals surface area contributed by atoms with E-state index in [-0.39, 0.29) is 12.0 Å². The highest BCUT2D eigenvalue weighted by Crippen LogP contribution is 1.88. The molecule has 2 aromatic heterocycles. The Kier molecular flexibility index (Phi) is 6.20. The largest absolute Gasteiger partial charge is 0.342 e. The van der Waals surface area contributed by atoms with E-state index in [0.717, 1.165) is 6.20 Å². The number of H-pyrrole nitrogens is 4. The molecule has 0 aliphatic heterocycles. The number of nitrogens with zero attached hydrogens (tertiary/aromatic N) is 2. The lowest BCUT2D eigenvalue weighted by Crippen LogP contribution is -2.23. The quantitative estimate of drug-likeness (QED) is 0.453. The summed E-state index contributed by atoms with van der Waals surface area (Å²) < 4.78 is 0.0714. The van der Waals surface area contributed by atoms with Crippen LogP contribution in [0.4, 0.5) is 0 Å². The van der Waals surface area contributed by atoms with E-state index in [1.54, 1.807) is 0 Å². The lowest BCUT2D eigenvalue weighted by Gasteiger charge is -1.81. The summed E-state index contributed by atoms with van der Waals surface area (Å²) >= 11 is 2.80. The zero-order chi connectivity index (χ0) is 12.8. The number of hydrogen-bond donors (Lipinski definition) is 4. The van der Waals surface area contributed by atoms with Gasteiger partial charge in [-0.25, -0.2) is 19.8 Å². The summed E-state index contributed by atoms with van der Waals surface area (Å²) in [5, 5.41) is 10.6. The molecular weight excluding hydrogens is 312 g/mol. The summed E-state index contributed by atoms with van der Waals surface area (Å²) in [5.74, 6) is 0. The number of aromatic nitrogens is 6. The first-order valence-corrected chi connectivity index (χ1v) is 4.77. The Morgan fingerprint density at radius 3 is 2.00 bits per heavy atom. The van der Waals surface area contributed by atoms with Crippen LogP contribution in [-0.2, 0) is 0 Å². The van der Waals surface area contributed by atoms with E-state index >= 15 is 0 Å². The second-order valence-electron chi connectivity index (χ2n) is 2.49. The molecule has 0 unspecified atom stereocenters. The molecule has 4 N–H and O–H groups in total. The molecule has 11 heteroatoms. The van der Waals surface area contributed by atoms with Crippen molar-refractivity contribution in [1.82, 2.24) is 30.4 Å². The van der Waals surface area contributed by atoms with Crippen molar-refractivity contribution in [3.8, 4) is 0 Å². The molecule has 0 saturated carbocycles. The Bertz CT molecular complexity index is 687. The molecule has 18 heavy (non-hydrogen) atoms. The fourth-order valence-corrected chi connectivity index (χ4v) is 0.843. The first-order chi connectivity index (χ1) is 7.99. The van der Waals surface area contributed by atoms with Gasteiger partial charge in [0.05, 0.1) is 0 Å². The zero-order valence-corrected chi connectivity index (χ0v) is 9.57. The highest BCUT2D eigenvalue weighted by molar-refractivity contribution is 9.10. The molecule has 0 saturated heterocycles. The molecule has 2 heterocycles. The molecular formula is C7H9BrN6O4. The Morgan fingerprint density at radius 2 is 1.61 bits per heavy atom. The van der Waals surface area contributed by atoms with Gasteiger partial charge in [0.15, 0.2) is 4.60 Å². The SMILES string of the molecule is C.O=c1[nH]nc(Br)c(=O)[nH]1.O=c1cn[nH]c(=O)[nH]1. The van der Waals surface area contributed by atoms with Crippen LogP contribution in [0.25, 0.3) is 0 Å². The number of halogens is 1. The fourth-order valence-electron chi connectivity index (χ4n) is 0.655. The van der Waals surface area contributed by atoms with E-state index in [9.17, 15) is 19.2 Å². The number of nitrogens with one attached hydrogen (secondary N) is 4. The predicted octanol–water partition coefficient (Wildman–Crippen LogP) is -1.68. The maximum atomic E-state index is 10.5. The van der Waals surface area contributed by atoms with Crippen LogP contribution in [0.5, 0.6) is 0 Å². The van der Waals surface area contributed by atoms with Crippen LogP contribution in [0.2, 0.25) is 0 Å². The smallest absolute Gasteiger partial charge is 0.272 e. The van der Waals surface area contributed by atoms with Crippen LogP contribution in [0.1, 0.15) is 7.43 Å². The highest BCUT2D eigenvalue weighted by Gasteiger charge is 1.92. The van der Waals surface area contributed by atoms with E-state index in [1.807, 2.05) is 20.2 Å². The third-order valence-corrected chi connectivity index (χ3v) is 1.79. The molecule has 0 aliphatic carbocycles. The first-order valence-electron chi connectivity index (χ1n) is 3.97. The van der Waals surface area contributed by atoms with Gasteiger partial charge in [-0.3, -0.25) is 19.6 Å². The normalized spacial score (nSPS) is 8.72. The average molecular weight is 321 g/mol. The molecule has 0 radical (unpaired) electrons. The fraction of sp³-hybridized carbons (Fsp3) is 0.143. The third kappa shape index (κ3) is 5.16. The van der Waals surface area contributed by atoms with Crippen molar-refractivity contribution >= 4 is 15.9 Å². The molecule has 2 rings (SSSR count). The van der Waals surface area contributed by atoms with Gasteiger partial charge in [-0.15, -0.1) is 0 Å². The predicted molar refractivity (Wildman–Crippen MR) is 65.4 cm³/mol. The van der Waals surface area contributed by atoms with Crippen molar-refractivity contribution in [2.75, 3.05) is 0 Å². The van der Waals surface area contributed by atoms with E-state index in [1.165, 1.54) is 0 Å². The van der Waals surface area contributed by atoms with E-state index in [4.69, 9.17) is 0 Å². The molecule has 0 bridgehead atoms. The second kappa shape index (κ2) is 7.11. The summed E-state index contributed by atoms with van der Waals surface area (Å²) in [5.41, 5.74) is -2.21. The van der Waals surface area contributed by atoms with Gasteiger partial charge < -0.3 is 0 Å². The van der Waals surface area contributed by atoms with Crippen LogP contribution >= 0.6 is 15.9 Å². The minimum absolute atomic E-state index is 0. The van der Waals surface area contributed by atoms with E-state index in [0.29, 0.717) is 0 Å². The first kappa shape index (κ1) is 15.7. The Labute approximate surface area is 107 Å². The van der Waals surface area contributed by atoms with Gasteiger partial charge in [0.2, 0.25) is 0 Å². The third-order valence-electron chi connectivity index (χ3n) is 1.25. The van der Waals surface area contributed by atoms with Gasteiger partial charge in [0.25, 0.3) is 11.1 Å². The van der Waals surface area contributed by atoms with Gasteiger partial charge in [-0.05, 0) is 15.9 Å². The molecule has 0 atom stereocenters. The topological polar surface area (TPSA) is 157 Å². The lowest BCUT2D eigenvalue weighted by molar-refractivity contribution is 0.868. The molecule has 0 fully saturated rings. The lowest BCUT2D eigenvalue weighted by atomic mass is 10.9. The summed E-state index contributed by atoms with van der Waals surface area (Å²) in [4.78, 5) is 44.9. The minimum Gasteiger partial charge on any atom is -0.272 e. The Morgan fingerprint density at radius 1 is 1.00 bits per heavy atom. The zero-order valence-electron chi connectivity index (χ0n) is 7.98. The molecule has 98 valence electrons. The van der Waals surface area contributed by atoms with Gasteiger partial charge in [0, 0.05) is 0 Å². The van der Waals surface area contributed by atoms with Gasteiger partial charge in [-0.2, -0.15) is 10.2 Å². The van der Waals surface area contributed by atoms with Crippen molar-refractivity contribution in [2.45, 2.75) is 7.43 Å². The van der Waals surface area contributed by atoms with E-state index in [2.05, 4.69) is 26.1 Å². The van der Waals surface area contributed by atoms with Crippen LogP contribution in [0.15, 0.2) is 30.0 Å². The van der Waals surface area contributed by atoms with Crippen molar-refractivity contribution in [1.29, 1.82) is 0 Å². The molecule has 0 spiro atoms. The van der Waals surface area contributed by atoms with Crippen molar-refractivity contribution < 1.29 is 0 Å². The Hall–Kier alpha value is -2.30. The average Bonchev–Trinajstić information content (AvgIpc) is 2.24. The molecule has 2 aromatic rings. The molecule has 0 amide bonds. The van der Waals surface area contributed by atoms with Crippen LogP contribution in [0, 0.1) is 0 Å². The van der Waals surface area contributed by atoms with Crippen LogP contribution in [-0.4, -0.2) is 30.4 Å². The second-order valence-corrected chi connectivity index (χ2v) is 3.24. The summed E-state index contributed by atoms with van der Waals surface area (Å²) in [6.07, 6.45) is 0.987. The van der Waals surface area contributed by atoms with Gasteiger partial charge >= 0.3 is 11.4 Å². The maximum Gasteiger partial charge on any atom is 0.342 e. The minimum atomic E-state index is -0.608. The van der Waals surface area contributed by atoms with Crippen molar-refractivity contribution in [2.24, 2.45) is 0 Å². The highest BCUT2D eigenvalue weighted by atomic mass is 79.9. The van der Waals surface area contributed by atoms with Crippen LogP contribution < -0.4 is 22.5 Å². The van der Waals surface area contributed by atoms with Crippen LogP contribution in [0.3, 0.4) is 0 Å². The number of hydrogen-bond acceptors (Lipinski definition) is 6. The number of rotatable bonds is 0. The van der Waals surface area contributed by atoms with Gasteiger partial charge in [0.1, 0.15) is 6.20 Å². The monoisotopic (exact) mass is 320 g/mol. The van der Waals surface area contributed by atoms with Crippen molar-refractivity contribution in [3.05, 3.63) is 52.5 Å². The molecule has 10 nitrogen and oxygen atoms in total. The standard InChI is InChI=1S/C3H2BrN3O2.C3H3N3O2.CH4/c4-1-2(8)5-3(9)7-6-1;7-2-1-4-6-3(8)5-2;/h(H2,5,7,8,9);1H,(H2,5,6,7,8);1H4. The van der Waals surface area contributed by atoms with Crippen molar-refractivity contribution in [3.63, 3.8) is 0 Å². The van der Waals surface area contributed by atoms with Gasteiger partial charge in [-0.1, -0.05) is 7.43 Å². The summed E-state index contributed by atoms with van der Waals surface area (Å²) in [6, 6.07) is 0. The van der Waals surface area contributed by atoms with E-state index < -0.39 is 22.5 Å². The maximum absolute atomic E-state index is 10.5. The summed E-state index contributed by atoms with van der Waals surface area (Å²) in [7, 11) is 0.